The lowest BCUT2D eigenvalue weighted by Crippen LogP contribution is -2.35. The second-order valence-electron chi connectivity index (χ2n) is 4.89. The van der Waals surface area contributed by atoms with E-state index in [9.17, 15) is 14.7 Å². The fourth-order valence-electron chi connectivity index (χ4n) is 2.15. The van der Waals surface area contributed by atoms with Crippen LogP contribution in [0.5, 0.6) is 11.5 Å². The van der Waals surface area contributed by atoms with Crippen LogP contribution < -0.4 is 19.9 Å². The van der Waals surface area contributed by atoms with E-state index in [1.165, 1.54) is 18.2 Å². The maximum Gasteiger partial charge on any atom is 0.257 e. The molecular weight excluding hydrogens is 334 g/mol. The summed E-state index contributed by atoms with van der Waals surface area (Å²) >= 11 is 5.93. The Morgan fingerprint density at radius 1 is 1.12 bits per heavy atom. The summed E-state index contributed by atoms with van der Waals surface area (Å²) in [6, 6.07) is 11.2. The lowest BCUT2D eigenvalue weighted by Gasteiger charge is -2.12. The summed E-state index contributed by atoms with van der Waals surface area (Å²) in [6.45, 7) is 0.110. The zero-order valence-electron chi connectivity index (χ0n) is 12.2. The van der Waals surface area contributed by atoms with Crippen molar-refractivity contribution in [3.05, 3.63) is 64.3 Å². The van der Waals surface area contributed by atoms with Gasteiger partial charge in [0.15, 0.2) is 11.5 Å². The molecule has 0 atom stereocenters. The number of benzene rings is 2. The zero-order valence-corrected chi connectivity index (χ0v) is 13.0. The van der Waals surface area contributed by atoms with E-state index in [2.05, 4.69) is 5.32 Å². The van der Waals surface area contributed by atoms with Crippen molar-refractivity contribution in [1.29, 1.82) is 0 Å². The van der Waals surface area contributed by atoms with Crippen LogP contribution in [0.15, 0.2) is 48.2 Å². The minimum atomic E-state index is -1.52. The van der Waals surface area contributed by atoms with Crippen molar-refractivity contribution < 1.29 is 24.2 Å². The van der Waals surface area contributed by atoms with Gasteiger partial charge in [0.1, 0.15) is 0 Å². The number of fused-ring (bicyclic) bond motifs is 1. The highest BCUT2D eigenvalue weighted by atomic mass is 35.5. The van der Waals surface area contributed by atoms with Gasteiger partial charge in [-0.1, -0.05) is 29.8 Å². The Balaban J connectivity index is 1.86. The highest BCUT2D eigenvalue weighted by Gasteiger charge is 2.14. The zero-order chi connectivity index (χ0) is 17.1. The molecule has 6 nitrogen and oxygen atoms in total. The van der Waals surface area contributed by atoms with Crippen molar-refractivity contribution in [3.63, 3.8) is 0 Å². The maximum absolute atomic E-state index is 12.2. The Morgan fingerprint density at radius 3 is 2.62 bits per heavy atom. The molecule has 7 heteroatoms. The normalized spacial score (nSPS) is 12.8. The lowest BCUT2D eigenvalue weighted by atomic mass is 10.1. The van der Waals surface area contributed by atoms with Crippen LogP contribution in [0.4, 0.5) is 0 Å². The summed E-state index contributed by atoms with van der Waals surface area (Å²) in [5.74, 6) is -1.09. The van der Waals surface area contributed by atoms with Gasteiger partial charge in [0.2, 0.25) is 6.79 Å². The van der Waals surface area contributed by atoms with Gasteiger partial charge in [0.25, 0.3) is 5.91 Å². The lowest BCUT2D eigenvalue weighted by molar-refractivity contribution is -0.299. The first-order valence-electron chi connectivity index (χ1n) is 6.93. The summed E-state index contributed by atoms with van der Waals surface area (Å²) < 4.78 is 10.4. The van der Waals surface area contributed by atoms with Crippen molar-refractivity contribution in [2.45, 2.75) is 0 Å². The van der Waals surface area contributed by atoms with Gasteiger partial charge in [-0.3, -0.25) is 4.79 Å². The third kappa shape index (κ3) is 3.33. The minimum absolute atomic E-state index is 0.110. The third-order valence-electron chi connectivity index (χ3n) is 3.29. The molecule has 1 amide bonds. The summed E-state index contributed by atoms with van der Waals surface area (Å²) in [6.07, 6.45) is 1.27. The Labute approximate surface area is 142 Å². The van der Waals surface area contributed by atoms with E-state index in [0.717, 1.165) is 0 Å². The van der Waals surface area contributed by atoms with Crippen molar-refractivity contribution >= 4 is 29.6 Å². The smallest absolute Gasteiger partial charge is 0.257 e. The molecule has 0 saturated carbocycles. The van der Waals surface area contributed by atoms with Gasteiger partial charge in [0, 0.05) is 0 Å². The number of carboxylic acid groups (broad SMARTS) is 1. The number of hydrogen-bond acceptors (Lipinski definition) is 5. The molecule has 1 heterocycles. The van der Waals surface area contributed by atoms with E-state index in [4.69, 9.17) is 21.1 Å². The van der Waals surface area contributed by atoms with E-state index >= 15 is 0 Å². The van der Waals surface area contributed by atoms with Gasteiger partial charge in [-0.15, -0.1) is 0 Å². The molecule has 2 aromatic rings. The fourth-order valence-corrected chi connectivity index (χ4v) is 2.37. The number of aliphatic carboxylic acids is 1. The monoisotopic (exact) mass is 344 g/mol. The number of hydrogen-bond donors (Lipinski definition) is 1. The molecule has 0 aliphatic carbocycles. The Bertz CT molecular complexity index is 847. The van der Waals surface area contributed by atoms with Gasteiger partial charge in [-0.2, -0.15) is 0 Å². The summed E-state index contributed by atoms with van der Waals surface area (Å²) in [4.78, 5) is 23.5. The molecule has 0 radical (unpaired) electrons. The molecule has 0 bridgehead atoms. The number of carbonyl (C=O) groups excluding carboxylic acids is 2. The minimum Gasteiger partial charge on any atom is -0.543 e. The molecule has 1 aliphatic rings. The highest BCUT2D eigenvalue weighted by molar-refractivity contribution is 6.34. The molecule has 1 N–H and O–H groups in total. The van der Waals surface area contributed by atoms with E-state index < -0.39 is 17.6 Å². The standard InChI is InChI=1S/C17H12ClNO5/c18-12-4-2-1-3-11(12)16(20)19-13(17(21)22)7-10-5-6-14-15(8-10)24-9-23-14/h1-8H,9H2,(H,19,20)(H,21,22)/p-1. The van der Waals surface area contributed by atoms with Crippen LogP contribution in [0.3, 0.4) is 0 Å². The topological polar surface area (TPSA) is 87.7 Å². The molecule has 0 fully saturated rings. The fraction of sp³-hybridized carbons (Fsp3) is 0.0588. The second kappa shape index (κ2) is 6.64. The van der Waals surface area contributed by atoms with Crippen LogP contribution >= 0.6 is 11.6 Å². The third-order valence-corrected chi connectivity index (χ3v) is 3.62. The number of carbonyl (C=O) groups is 2. The molecule has 0 aromatic heterocycles. The number of halogens is 1. The van der Waals surface area contributed by atoms with Crippen LogP contribution in [0.1, 0.15) is 15.9 Å². The van der Waals surface area contributed by atoms with E-state index in [1.54, 1.807) is 30.3 Å². The van der Waals surface area contributed by atoms with Crippen LogP contribution in [0, 0.1) is 0 Å². The van der Waals surface area contributed by atoms with E-state index in [1.807, 2.05) is 0 Å². The van der Waals surface area contributed by atoms with Crippen LogP contribution in [-0.4, -0.2) is 18.7 Å². The molecule has 2 aromatic carbocycles. The average Bonchev–Trinajstić information content (AvgIpc) is 3.02. The molecule has 24 heavy (non-hydrogen) atoms. The summed E-state index contributed by atoms with van der Waals surface area (Å²) in [5, 5.41) is 13.8. The highest BCUT2D eigenvalue weighted by Crippen LogP contribution is 2.33. The molecule has 0 unspecified atom stereocenters. The van der Waals surface area contributed by atoms with Gasteiger partial charge < -0.3 is 24.7 Å². The Kier molecular flexibility index (Phi) is 4.39. The van der Waals surface area contributed by atoms with Crippen molar-refractivity contribution in [3.8, 4) is 11.5 Å². The summed E-state index contributed by atoms with van der Waals surface area (Å²) in [7, 11) is 0. The predicted octanol–water partition coefficient (Wildman–Crippen LogP) is 1.59. The first-order valence-corrected chi connectivity index (χ1v) is 7.31. The van der Waals surface area contributed by atoms with Crippen molar-refractivity contribution in [2.75, 3.05) is 6.79 Å². The Morgan fingerprint density at radius 2 is 1.88 bits per heavy atom. The molecule has 122 valence electrons. The number of rotatable bonds is 4. The van der Waals surface area contributed by atoms with Crippen molar-refractivity contribution in [2.24, 2.45) is 0 Å². The van der Waals surface area contributed by atoms with Gasteiger partial charge in [-0.25, -0.2) is 0 Å². The molecule has 1 aliphatic heterocycles. The van der Waals surface area contributed by atoms with Crippen LogP contribution in [0.2, 0.25) is 5.02 Å². The number of ether oxygens (including phenoxy) is 2. The quantitative estimate of drug-likeness (QED) is 0.851. The van der Waals surface area contributed by atoms with Gasteiger partial charge in [0.05, 0.1) is 22.3 Å². The molecule has 3 rings (SSSR count). The number of carboxylic acids is 1. The molecule has 0 spiro atoms. The van der Waals surface area contributed by atoms with Crippen LogP contribution in [-0.2, 0) is 4.79 Å². The molecular formula is C17H11ClNO5-. The largest absolute Gasteiger partial charge is 0.543 e. The van der Waals surface area contributed by atoms with Gasteiger partial charge in [-0.05, 0) is 35.9 Å². The summed E-state index contributed by atoms with van der Waals surface area (Å²) in [5.41, 5.74) is 0.286. The average molecular weight is 345 g/mol. The maximum atomic E-state index is 12.2. The number of nitrogens with one attached hydrogen (secondary N) is 1. The first-order chi connectivity index (χ1) is 11.5. The number of amides is 1. The predicted molar refractivity (Wildman–Crippen MR) is 84.5 cm³/mol. The van der Waals surface area contributed by atoms with Crippen LogP contribution in [0.25, 0.3) is 6.08 Å². The Hall–Kier alpha value is -2.99. The first kappa shape index (κ1) is 15.9. The SMILES string of the molecule is O=C([O-])C(=Cc1ccc2c(c1)OCO2)NC(=O)c1ccccc1Cl. The van der Waals surface area contributed by atoms with Gasteiger partial charge >= 0.3 is 0 Å². The van der Waals surface area contributed by atoms with E-state index in [0.29, 0.717) is 17.1 Å². The van der Waals surface area contributed by atoms with Crippen molar-refractivity contribution in [1.82, 2.24) is 5.32 Å². The van der Waals surface area contributed by atoms with E-state index in [-0.39, 0.29) is 17.4 Å². The molecule has 0 saturated heterocycles. The second-order valence-corrected chi connectivity index (χ2v) is 5.30.